The van der Waals surface area contributed by atoms with Crippen LogP contribution in [0.15, 0.2) is 86.1 Å². The van der Waals surface area contributed by atoms with Crippen molar-refractivity contribution >= 4 is 33.4 Å². The molecule has 0 bridgehead atoms. The van der Waals surface area contributed by atoms with Crippen molar-refractivity contribution in [3.8, 4) is 10.7 Å². The minimum absolute atomic E-state index is 0.0215. The van der Waals surface area contributed by atoms with Crippen LogP contribution in [0.25, 0.3) is 32.8 Å². The van der Waals surface area contributed by atoms with Gasteiger partial charge in [-0.15, -0.1) is 11.3 Å². The number of fused-ring (bicyclic) bond motifs is 2. The molecule has 1 atom stereocenters. The maximum atomic E-state index is 13.6. The lowest BCUT2D eigenvalue weighted by atomic mass is 10.1. The molecule has 1 unspecified atom stereocenters. The monoisotopic (exact) mass is 400 g/mol. The normalized spacial score (nSPS) is 12.4. The van der Waals surface area contributed by atoms with Crippen molar-refractivity contribution in [2.75, 3.05) is 0 Å². The maximum Gasteiger partial charge on any atom is 0.269 e. The summed E-state index contributed by atoms with van der Waals surface area (Å²) in [6.45, 7) is 1.93. The van der Waals surface area contributed by atoms with Crippen LogP contribution in [-0.4, -0.2) is 9.55 Å². The van der Waals surface area contributed by atoms with Gasteiger partial charge in [-0.1, -0.05) is 48.5 Å². The van der Waals surface area contributed by atoms with Gasteiger partial charge < -0.3 is 4.42 Å². The molecule has 5 nitrogen and oxygen atoms in total. The average molecular weight is 400 g/mol. The summed E-state index contributed by atoms with van der Waals surface area (Å²) in [5.74, 6) is 0.493. The predicted molar refractivity (Wildman–Crippen MR) is 116 cm³/mol. The summed E-state index contributed by atoms with van der Waals surface area (Å²) >= 11 is 1.49. The van der Waals surface area contributed by atoms with Gasteiger partial charge in [-0.2, -0.15) is 4.98 Å². The van der Waals surface area contributed by atoms with Gasteiger partial charge in [0.1, 0.15) is 5.58 Å². The lowest BCUT2D eigenvalue weighted by molar-refractivity contribution is 0.598. The molecule has 0 N–H and O–H groups in total. The molecule has 0 fully saturated rings. The van der Waals surface area contributed by atoms with Crippen molar-refractivity contribution in [3.63, 3.8) is 0 Å². The van der Waals surface area contributed by atoms with Crippen LogP contribution in [0.4, 0.5) is 0 Å². The minimum Gasteiger partial charge on any atom is -0.437 e. The lowest BCUT2D eigenvalue weighted by Crippen LogP contribution is -2.30. The Morgan fingerprint density at radius 1 is 0.966 bits per heavy atom. The molecule has 3 heterocycles. The molecule has 0 aliphatic carbocycles. The summed E-state index contributed by atoms with van der Waals surface area (Å²) in [5, 5.41) is 2.29. The average Bonchev–Trinajstić information content (AvgIpc) is 3.28. The number of nitrogens with zero attached hydrogens (tertiary/aromatic N) is 2. The van der Waals surface area contributed by atoms with Gasteiger partial charge in [0.2, 0.25) is 11.1 Å². The molecule has 142 valence electrons. The number of thiophene rings is 1. The van der Waals surface area contributed by atoms with Crippen LogP contribution < -0.4 is 11.0 Å². The van der Waals surface area contributed by atoms with E-state index in [9.17, 15) is 9.59 Å². The Labute approximate surface area is 169 Å². The van der Waals surface area contributed by atoms with Crippen LogP contribution in [0.3, 0.4) is 0 Å². The third-order valence-electron chi connectivity index (χ3n) is 5.06. The summed E-state index contributed by atoms with van der Waals surface area (Å²) in [7, 11) is 0. The van der Waals surface area contributed by atoms with E-state index in [1.165, 1.54) is 11.3 Å². The molecule has 3 aromatic heterocycles. The molecule has 0 aliphatic heterocycles. The SMILES string of the molecule is CC(c1ccccc1)n1c(-c2cccs2)nc2oc3ccccc3c(=O)c2c1=O. The van der Waals surface area contributed by atoms with Crippen LogP contribution in [0.1, 0.15) is 18.5 Å². The zero-order valence-corrected chi connectivity index (χ0v) is 16.3. The van der Waals surface area contributed by atoms with E-state index >= 15 is 0 Å². The van der Waals surface area contributed by atoms with Crippen molar-refractivity contribution in [1.82, 2.24) is 9.55 Å². The maximum absolute atomic E-state index is 13.6. The van der Waals surface area contributed by atoms with Crippen LogP contribution >= 0.6 is 11.3 Å². The molecular formula is C23H16N2O3S. The van der Waals surface area contributed by atoms with Crippen molar-refractivity contribution in [2.24, 2.45) is 0 Å². The zero-order chi connectivity index (χ0) is 20.0. The van der Waals surface area contributed by atoms with E-state index in [0.717, 1.165) is 10.4 Å². The second-order valence-electron chi connectivity index (χ2n) is 6.78. The molecule has 0 amide bonds. The first kappa shape index (κ1) is 17.6. The van der Waals surface area contributed by atoms with Crippen molar-refractivity contribution in [3.05, 3.63) is 98.3 Å². The van der Waals surface area contributed by atoms with Gasteiger partial charge in [0.05, 0.1) is 16.3 Å². The fraction of sp³-hybridized carbons (Fsp3) is 0.0870. The van der Waals surface area contributed by atoms with E-state index in [1.54, 1.807) is 28.8 Å². The van der Waals surface area contributed by atoms with Gasteiger partial charge in [0.25, 0.3) is 5.56 Å². The van der Waals surface area contributed by atoms with Crippen LogP contribution in [0.2, 0.25) is 0 Å². The van der Waals surface area contributed by atoms with Gasteiger partial charge >= 0.3 is 0 Å². The topological polar surface area (TPSA) is 65.1 Å². The van der Waals surface area contributed by atoms with Gasteiger partial charge in [0, 0.05) is 0 Å². The number of hydrogen-bond acceptors (Lipinski definition) is 5. The minimum atomic E-state index is -0.394. The van der Waals surface area contributed by atoms with E-state index in [2.05, 4.69) is 4.98 Å². The molecule has 29 heavy (non-hydrogen) atoms. The third kappa shape index (κ3) is 2.80. The van der Waals surface area contributed by atoms with Gasteiger partial charge in [-0.05, 0) is 36.1 Å². The van der Waals surface area contributed by atoms with Crippen LogP contribution in [-0.2, 0) is 0 Å². The first-order valence-electron chi connectivity index (χ1n) is 9.22. The number of para-hydroxylation sites is 1. The fourth-order valence-electron chi connectivity index (χ4n) is 3.58. The Balaban J connectivity index is 1.92. The van der Waals surface area contributed by atoms with E-state index in [1.807, 2.05) is 54.8 Å². The molecule has 2 aromatic carbocycles. The molecule has 0 saturated heterocycles. The second-order valence-corrected chi connectivity index (χ2v) is 7.73. The Morgan fingerprint density at radius 2 is 1.72 bits per heavy atom. The highest BCUT2D eigenvalue weighted by Crippen LogP contribution is 2.28. The number of aromatic nitrogens is 2. The molecule has 0 saturated carbocycles. The van der Waals surface area contributed by atoms with Crippen molar-refractivity contribution < 1.29 is 4.42 Å². The van der Waals surface area contributed by atoms with Gasteiger partial charge in [-0.25, -0.2) is 0 Å². The third-order valence-corrected chi connectivity index (χ3v) is 5.92. The smallest absolute Gasteiger partial charge is 0.269 e. The molecule has 5 aromatic rings. The number of hydrogen-bond donors (Lipinski definition) is 0. The molecule has 5 rings (SSSR count). The number of benzene rings is 2. The standard InChI is InChI=1S/C23H16N2O3S/c1-14(15-8-3-2-4-9-15)25-21(18-12-7-13-29-18)24-22-19(23(25)27)20(26)16-10-5-6-11-17(16)28-22/h2-14H,1H3. The Kier molecular flexibility index (Phi) is 4.14. The van der Waals surface area contributed by atoms with E-state index in [0.29, 0.717) is 16.8 Å². The summed E-state index contributed by atoms with van der Waals surface area (Å²) in [5.41, 5.74) is 0.695. The summed E-state index contributed by atoms with van der Waals surface area (Å²) in [6, 6.07) is 20.1. The van der Waals surface area contributed by atoms with Crippen molar-refractivity contribution in [1.29, 1.82) is 0 Å². The predicted octanol–water partition coefficient (Wildman–Crippen LogP) is 4.84. The van der Waals surface area contributed by atoms with Gasteiger partial charge in [0.15, 0.2) is 11.2 Å². The Morgan fingerprint density at radius 3 is 2.48 bits per heavy atom. The van der Waals surface area contributed by atoms with Gasteiger partial charge in [-0.3, -0.25) is 14.2 Å². The lowest BCUT2D eigenvalue weighted by Gasteiger charge is -2.19. The zero-order valence-electron chi connectivity index (χ0n) is 15.5. The van der Waals surface area contributed by atoms with E-state index < -0.39 is 5.56 Å². The van der Waals surface area contributed by atoms with Crippen molar-refractivity contribution in [2.45, 2.75) is 13.0 Å². The molecular weight excluding hydrogens is 384 g/mol. The summed E-state index contributed by atoms with van der Waals surface area (Å²) in [6.07, 6.45) is 0. The highest BCUT2D eigenvalue weighted by Gasteiger charge is 2.22. The Bertz CT molecular complexity index is 1450. The highest BCUT2D eigenvalue weighted by molar-refractivity contribution is 7.13. The summed E-state index contributed by atoms with van der Waals surface area (Å²) in [4.78, 5) is 32.2. The summed E-state index contributed by atoms with van der Waals surface area (Å²) < 4.78 is 7.46. The molecule has 0 aliphatic rings. The quantitative estimate of drug-likeness (QED) is 0.407. The first-order chi connectivity index (χ1) is 14.1. The number of rotatable bonds is 3. The van der Waals surface area contributed by atoms with E-state index in [-0.39, 0.29) is 22.6 Å². The molecule has 0 spiro atoms. The first-order valence-corrected chi connectivity index (χ1v) is 10.1. The fourth-order valence-corrected chi connectivity index (χ4v) is 4.29. The Hall–Kier alpha value is -3.51. The van der Waals surface area contributed by atoms with E-state index in [4.69, 9.17) is 4.42 Å². The van der Waals surface area contributed by atoms with Crippen LogP contribution in [0, 0.1) is 0 Å². The largest absolute Gasteiger partial charge is 0.437 e. The highest BCUT2D eigenvalue weighted by atomic mass is 32.1. The molecule has 0 radical (unpaired) electrons. The molecule has 6 heteroatoms. The van der Waals surface area contributed by atoms with Crippen LogP contribution in [0.5, 0.6) is 0 Å². The second kappa shape index (κ2) is 6.83.